The molecule has 1 heterocycles. The Morgan fingerprint density at radius 2 is 1.43 bits per heavy atom. The van der Waals surface area contributed by atoms with E-state index in [1.165, 1.54) is 22.5 Å². The Morgan fingerprint density at radius 1 is 0.810 bits per heavy atom. The molecule has 1 nitrogen and oxygen atoms in total. The van der Waals surface area contributed by atoms with Crippen molar-refractivity contribution >= 4 is 0 Å². The fourth-order valence-electron chi connectivity index (χ4n) is 2.30. The van der Waals surface area contributed by atoms with Gasteiger partial charge in [-0.05, 0) is 28.7 Å². The Kier molecular flexibility index (Phi) is 4.22. The third-order valence-corrected chi connectivity index (χ3v) is 3.74. The monoisotopic (exact) mass is 281 g/mol. The number of rotatable bonds is 2. The average molecular weight is 281 g/mol. The van der Waals surface area contributed by atoms with Crippen molar-refractivity contribution in [3.8, 4) is 0 Å². The normalized spacial score (nSPS) is 12.5. The van der Waals surface area contributed by atoms with E-state index in [4.69, 9.17) is 4.98 Å². The molecule has 0 aliphatic heterocycles. The van der Waals surface area contributed by atoms with Gasteiger partial charge in [0, 0.05) is 23.2 Å². The molecular weight excluding hydrogens is 254 g/mol. The molecule has 0 aliphatic carbocycles. The van der Waals surface area contributed by atoms with Gasteiger partial charge < -0.3 is 0 Å². The van der Waals surface area contributed by atoms with E-state index >= 15 is 0 Å². The molecule has 0 N–H and O–H groups in total. The van der Waals surface area contributed by atoms with Gasteiger partial charge in [-0.1, -0.05) is 71.9 Å². The van der Waals surface area contributed by atoms with Crippen LogP contribution in [0.1, 0.15) is 64.1 Å². The zero-order chi connectivity index (χ0) is 15.7. The highest BCUT2D eigenvalue weighted by Gasteiger charge is 2.21. The van der Waals surface area contributed by atoms with E-state index in [2.05, 4.69) is 84.0 Å². The first-order valence-corrected chi connectivity index (χ1v) is 7.72. The van der Waals surface area contributed by atoms with Gasteiger partial charge in [-0.25, -0.2) is 0 Å². The molecule has 0 fully saturated rings. The first-order chi connectivity index (χ1) is 9.66. The van der Waals surface area contributed by atoms with E-state index in [-0.39, 0.29) is 10.8 Å². The SMILES string of the molecule is CC(C)(C)c1cc(Cc2ccccc2)nc(C(C)(C)C)c1. The fraction of sp³-hybridized carbons (Fsp3) is 0.450. The van der Waals surface area contributed by atoms with Gasteiger partial charge in [-0.15, -0.1) is 0 Å². The molecule has 0 saturated heterocycles. The van der Waals surface area contributed by atoms with E-state index < -0.39 is 0 Å². The Morgan fingerprint density at radius 3 is 1.95 bits per heavy atom. The van der Waals surface area contributed by atoms with Gasteiger partial charge in [-0.2, -0.15) is 0 Å². The van der Waals surface area contributed by atoms with Gasteiger partial charge in [-0.3, -0.25) is 4.98 Å². The number of benzene rings is 1. The second-order valence-corrected chi connectivity index (χ2v) is 7.89. The molecule has 1 aromatic carbocycles. The standard InChI is InChI=1S/C20H27N/c1-19(2,3)16-13-17(12-15-10-8-7-9-11-15)21-18(14-16)20(4,5)6/h7-11,13-14H,12H2,1-6H3. The zero-order valence-electron chi connectivity index (χ0n) is 14.2. The van der Waals surface area contributed by atoms with Crippen molar-refractivity contribution in [2.24, 2.45) is 0 Å². The topological polar surface area (TPSA) is 12.9 Å². The Labute approximate surface area is 129 Å². The Bertz CT molecular complexity index is 566. The second-order valence-electron chi connectivity index (χ2n) is 7.89. The minimum atomic E-state index is 0.0761. The van der Waals surface area contributed by atoms with Gasteiger partial charge >= 0.3 is 0 Å². The summed E-state index contributed by atoms with van der Waals surface area (Å²) >= 11 is 0. The molecule has 0 saturated carbocycles. The molecule has 0 amide bonds. The van der Waals surface area contributed by atoms with Crippen LogP contribution in [0.3, 0.4) is 0 Å². The largest absolute Gasteiger partial charge is 0.257 e. The summed E-state index contributed by atoms with van der Waals surface area (Å²) in [4.78, 5) is 4.91. The molecule has 2 rings (SSSR count). The molecule has 112 valence electrons. The van der Waals surface area contributed by atoms with Crippen molar-refractivity contribution in [1.29, 1.82) is 0 Å². The smallest absolute Gasteiger partial charge is 0.0463 e. The number of pyridine rings is 1. The summed E-state index contributed by atoms with van der Waals surface area (Å²) in [5.41, 5.74) is 5.25. The van der Waals surface area contributed by atoms with Crippen molar-refractivity contribution in [3.05, 3.63) is 65.0 Å². The van der Waals surface area contributed by atoms with Gasteiger partial charge in [0.1, 0.15) is 0 Å². The van der Waals surface area contributed by atoms with E-state index in [0.29, 0.717) is 0 Å². The first kappa shape index (κ1) is 15.8. The van der Waals surface area contributed by atoms with Crippen LogP contribution in [0.25, 0.3) is 0 Å². The van der Waals surface area contributed by atoms with Crippen LogP contribution in [0.2, 0.25) is 0 Å². The van der Waals surface area contributed by atoms with Gasteiger partial charge in [0.25, 0.3) is 0 Å². The zero-order valence-corrected chi connectivity index (χ0v) is 14.2. The number of aromatic nitrogens is 1. The van der Waals surface area contributed by atoms with Crippen LogP contribution in [-0.2, 0) is 17.3 Å². The number of hydrogen-bond acceptors (Lipinski definition) is 1. The summed E-state index contributed by atoms with van der Waals surface area (Å²) in [6.45, 7) is 13.5. The van der Waals surface area contributed by atoms with Crippen LogP contribution >= 0.6 is 0 Å². The van der Waals surface area contributed by atoms with Gasteiger partial charge in [0.2, 0.25) is 0 Å². The third-order valence-electron chi connectivity index (χ3n) is 3.74. The maximum atomic E-state index is 4.91. The lowest BCUT2D eigenvalue weighted by molar-refractivity contribution is 0.549. The Balaban J connectivity index is 2.45. The van der Waals surface area contributed by atoms with Crippen molar-refractivity contribution < 1.29 is 0 Å². The molecule has 0 spiro atoms. The lowest BCUT2D eigenvalue weighted by Crippen LogP contribution is -2.19. The molecular formula is C20H27N. The summed E-state index contributed by atoms with van der Waals surface area (Å²) < 4.78 is 0. The summed E-state index contributed by atoms with van der Waals surface area (Å²) in [5, 5.41) is 0. The molecule has 2 aromatic rings. The minimum Gasteiger partial charge on any atom is -0.257 e. The summed E-state index contributed by atoms with van der Waals surface area (Å²) in [7, 11) is 0. The van der Waals surface area contributed by atoms with Crippen molar-refractivity contribution in [2.75, 3.05) is 0 Å². The first-order valence-electron chi connectivity index (χ1n) is 7.72. The predicted molar refractivity (Wildman–Crippen MR) is 90.9 cm³/mol. The van der Waals surface area contributed by atoms with E-state index in [1.807, 2.05) is 0 Å². The Hall–Kier alpha value is -1.63. The van der Waals surface area contributed by atoms with Crippen LogP contribution in [0.5, 0.6) is 0 Å². The molecule has 1 heteroatoms. The molecule has 0 aliphatic rings. The van der Waals surface area contributed by atoms with Crippen LogP contribution in [0, 0.1) is 0 Å². The highest BCUT2D eigenvalue weighted by Crippen LogP contribution is 2.28. The molecule has 1 aromatic heterocycles. The fourth-order valence-corrected chi connectivity index (χ4v) is 2.30. The van der Waals surface area contributed by atoms with Crippen molar-refractivity contribution in [3.63, 3.8) is 0 Å². The highest BCUT2D eigenvalue weighted by molar-refractivity contribution is 5.32. The lowest BCUT2D eigenvalue weighted by Gasteiger charge is -2.25. The quantitative estimate of drug-likeness (QED) is 0.731. The number of hydrogen-bond donors (Lipinski definition) is 0. The summed E-state index contributed by atoms with van der Waals surface area (Å²) in [6, 6.07) is 15.1. The molecule has 0 atom stereocenters. The highest BCUT2D eigenvalue weighted by atomic mass is 14.7. The molecule has 21 heavy (non-hydrogen) atoms. The van der Waals surface area contributed by atoms with Crippen LogP contribution < -0.4 is 0 Å². The van der Waals surface area contributed by atoms with Gasteiger partial charge in [0.15, 0.2) is 0 Å². The summed E-state index contributed by atoms with van der Waals surface area (Å²) in [6.07, 6.45) is 0.897. The third kappa shape index (κ3) is 4.17. The maximum absolute atomic E-state index is 4.91. The average Bonchev–Trinajstić information content (AvgIpc) is 2.37. The van der Waals surface area contributed by atoms with E-state index in [9.17, 15) is 0 Å². The maximum Gasteiger partial charge on any atom is 0.0463 e. The molecule has 0 bridgehead atoms. The van der Waals surface area contributed by atoms with Crippen LogP contribution in [-0.4, -0.2) is 4.98 Å². The molecule has 0 radical (unpaired) electrons. The van der Waals surface area contributed by atoms with Gasteiger partial charge in [0.05, 0.1) is 0 Å². The predicted octanol–water partition coefficient (Wildman–Crippen LogP) is 5.27. The van der Waals surface area contributed by atoms with Crippen LogP contribution in [0.15, 0.2) is 42.5 Å². The van der Waals surface area contributed by atoms with Crippen molar-refractivity contribution in [2.45, 2.75) is 58.8 Å². The second kappa shape index (κ2) is 5.63. The minimum absolute atomic E-state index is 0.0761. The van der Waals surface area contributed by atoms with Crippen LogP contribution in [0.4, 0.5) is 0 Å². The summed E-state index contributed by atoms with van der Waals surface area (Å²) in [5.74, 6) is 0. The molecule has 0 unspecified atom stereocenters. The van der Waals surface area contributed by atoms with E-state index in [1.54, 1.807) is 0 Å². The number of nitrogens with zero attached hydrogens (tertiary/aromatic N) is 1. The van der Waals surface area contributed by atoms with E-state index in [0.717, 1.165) is 6.42 Å². The lowest BCUT2D eigenvalue weighted by atomic mass is 9.83. The van der Waals surface area contributed by atoms with Crippen molar-refractivity contribution in [1.82, 2.24) is 4.98 Å².